The highest BCUT2D eigenvalue weighted by Gasteiger charge is 2.14. The Kier molecular flexibility index (Phi) is 2.64. The van der Waals surface area contributed by atoms with Crippen LogP contribution in [0.15, 0.2) is 34.9 Å². The summed E-state index contributed by atoms with van der Waals surface area (Å²) in [7, 11) is 0. The number of para-hydroxylation sites is 1. The van der Waals surface area contributed by atoms with Crippen molar-refractivity contribution < 1.29 is 4.42 Å². The quantitative estimate of drug-likeness (QED) is 0.740. The Morgan fingerprint density at radius 3 is 3.00 bits per heavy atom. The average molecular weight is 241 g/mol. The summed E-state index contributed by atoms with van der Waals surface area (Å²) in [6.45, 7) is 2.48. The molecule has 0 spiro atoms. The number of nitrogens with zero attached hydrogens (tertiary/aromatic N) is 1. The highest BCUT2D eigenvalue weighted by atomic mass is 16.4. The SMILES string of the molecule is Cc1oc(CCN)nc1-c1c[nH]c2ccccc12. The van der Waals surface area contributed by atoms with Gasteiger partial charge in [0.15, 0.2) is 5.89 Å². The second kappa shape index (κ2) is 4.31. The lowest BCUT2D eigenvalue weighted by atomic mass is 10.1. The Hall–Kier alpha value is -2.07. The fraction of sp³-hybridized carbons (Fsp3) is 0.214. The summed E-state index contributed by atoms with van der Waals surface area (Å²) in [6, 6.07) is 8.17. The number of nitrogens with two attached hydrogens (primary N) is 1. The lowest BCUT2D eigenvalue weighted by Crippen LogP contribution is -2.02. The van der Waals surface area contributed by atoms with Gasteiger partial charge >= 0.3 is 0 Å². The standard InChI is InChI=1S/C14H15N3O/c1-9-14(17-13(18-9)6-7-15)11-8-16-12-5-3-2-4-10(11)12/h2-5,8,16H,6-7,15H2,1H3. The number of hydrogen-bond donors (Lipinski definition) is 2. The van der Waals surface area contributed by atoms with Gasteiger partial charge in [0, 0.05) is 35.6 Å². The topological polar surface area (TPSA) is 67.8 Å². The van der Waals surface area contributed by atoms with Crippen LogP contribution >= 0.6 is 0 Å². The molecule has 0 aliphatic rings. The molecule has 3 aromatic rings. The Labute approximate surface area is 105 Å². The minimum atomic E-state index is 0.549. The van der Waals surface area contributed by atoms with Gasteiger partial charge in [-0.1, -0.05) is 18.2 Å². The van der Waals surface area contributed by atoms with Crippen LogP contribution in [0.25, 0.3) is 22.2 Å². The van der Waals surface area contributed by atoms with Gasteiger partial charge in [-0.25, -0.2) is 4.98 Å². The molecule has 0 saturated heterocycles. The summed E-state index contributed by atoms with van der Waals surface area (Å²) in [4.78, 5) is 7.77. The Bertz CT molecular complexity index is 681. The van der Waals surface area contributed by atoms with Crippen molar-refractivity contribution in [2.45, 2.75) is 13.3 Å². The number of rotatable bonds is 3. The fourth-order valence-corrected chi connectivity index (χ4v) is 2.20. The molecule has 0 atom stereocenters. The van der Waals surface area contributed by atoms with Crippen LogP contribution in [-0.4, -0.2) is 16.5 Å². The van der Waals surface area contributed by atoms with Gasteiger partial charge in [0.25, 0.3) is 0 Å². The smallest absolute Gasteiger partial charge is 0.196 e. The van der Waals surface area contributed by atoms with E-state index in [1.165, 1.54) is 0 Å². The monoisotopic (exact) mass is 241 g/mol. The molecule has 3 rings (SSSR count). The number of aromatic nitrogens is 2. The normalized spacial score (nSPS) is 11.2. The van der Waals surface area contributed by atoms with Gasteiger partial charge in [0.1, 0.15) is 11.5 Å². The van der Waals surface area contributed by atoms with Crippen molar-refractivity contribution in [3.05, 3.63) is 42.1 Å². The summed E-state index contributed by atoms with van der Waals surface area (Å²) in [5.41, 5.74) is 8.61. The predicted octanol–water partition coefficient (Wildman–Crippen LogP) is 2.63. The predicted molar refractivity (Wildman–Crippen MR) is 71.3 cm³/mol. The first kappa shape index (κ1) is 11.0. The molecule has 0 saturated carbocycles. The number of benzene rings is 1. The van der Waals surface area contributed by atoms with E-state index in [1.54, 1.807) is 0 Å². The second-order valence-corrected chi connectivity index (χ2v) is 4.30. The van der Waals surface area contributed by atoms with Crippen LogP contribution in [0.5, 0.6) is 0 Å². The Morgan fingerprint density at radius 1 is 1.33 bits per heavy atom. The number of hydrogen-bond acceptors (Lipinski definition) is 3. The number of H-pyrrole nitrogens is 1. The molecule has 92 valence electrons. The molecule has 0 bridgehead atoms. The van der Waals surface area contributed by atoms with Crippen molar-refractivity contribution in [1.82, 2.24) is 9.97 Å². The molecule has 4 heteroatoms. The van der Waals surface area contributed by atoms with Crippen LogP contribution in [0.3, 0.4) is 0 Å². The van der Waals surface area contributed by atoms with Crippen LogP contribution in [0.4, 0.5) is 0 Å². The highest BCUT2D eigenvalue weighted by Crippen LogP contribution is 2.30. The second-order valence-electron chi connectivity index (χ2n) is 4.30. The van der Waals surface area contributed by atoms with Gasteiger partial charge in [-0.3, -0.25) is 0 Å². The zero-order valence-electron chi connectivity index (χ0n) is 10.2. The molecule has 0 aliphatic heterocycles. The molecular formula is C14H15N3O. The van der Waals surface area contributed by atoms with E-state index in [2.05, 4.69) is 22.1 Å². The fourth-order valence-electron chi connectivity index (χ4n) is 2.20. The van der Waals surface area contributed by atoms with E-state index in [0.717, 1.165) is 27.9 Å². The first-order valence-electron chi connectivity index (χ1n) is 6.02. The summed E-state index contributed by atoms with van der Waals surface area (Å²) in [5.74, 6) is 1.54. The third-order valence-electron chi connectivity index (χ3n) is 3.04. The van der Waals surface area contributed by atoms with Crippen LogP contribution in [0.1, 0.15) is 11.7 Å². The number of aryl methyl sites for hydroxylation is 1. The number of nitrogens with one attached hydrogen (secondary N) is 1. The third kappa shape index (κ3) is 1.71. The summed E-state index contributed by atoms with van der Waals surface area (Å²) >= 11 is 0. The van der Waals surface area contributed by atoms with E-state index in [0.29, 0.717) is 18.9 Å². The van der Waals surface area contributed by atoms with Gasteiger partial charge < -0.3 is 15.1 Å². The highest BCUT2D eigenvalue weighted by molar-refractivity contribution is 5.94. The van der Waals surface area contributed by atoms with Gasteiger partial charge in [-0.05, 0) is 13.0 Å². The largest absolute Gasteiger partial charge is 0.445 e. The van der Waals surface area contributed by atoms with Crippen LogP contribution in [0, 0.1) is 6.92 Å². The Morgan fingerprint density at radius 2 is 2.17 bits per heavy atom. The molecule has 0 unspecified atom stereocenters. The van der Waals surface area contributed by atoms with Gasteiger partial charge in [0.2, 0.25) is 0 Å². The zero-order valence-corrected chi connectivity index (χ0v) is 10.2. The van der Waals surface area contributed by atoms with E-state index in [9.17, 15) is 0 Å². The maximum absolute atomic E-state index is 5.62. The lowest BCUT2D eigenvalue weighted by molar-refractivity contribution is 0.473. The minimum Gasteiger partial charge on any atom is -0.445 e. The van der Waals surface area contributed by atoms with Gasteiger partial charge in [-0.15, -0.1) is 0 Å². The van der Waals surface area contributed by atoms with Crippen molar-refractivity contribution in [3.8, 4) is 11.3 Å². The van der Waals surface area contributed by atoms with Crippen molar-refractivity contribution in [2.24, 2.45) is 5.73 Å². The molecule has 2 heterocycles. The maximum atomic E-state index is 5.62. The van der Waals surface area contributed by atoms with Crippen molar-refractivity contribution in [1.29, 1.82) is 0 Å². The Balaban J connectivity index is 2.14. The van der Waals surface area contributed by atoms with Gasteiger partial charge in [-0.2, -0.15) is 0 Å². The number of oxazole rings is 1. The van der Waals surface area contributed by atoms with Gasteiger partial charge in [0.05, 0.1) is 0 Å². The number of fused-ring (bicyclic) bond motifs is 1. The van der Waals surface area contributed by atoms with Crippen molar-refractivity contribution >= 4 is 10.9 Å². The molecule has 0 radical (unpaired) electrons. The van der Waals surface area contributed by atoms with E-state index >= 15 is 0 Å². The first-order valence-corrected chi connectivity index (χ1v) is 6.02. The number of aromatic amines is 1. The van der Waals surface area contributed by atoms with Crippen LogP contribution in [0.2, 0.25) is 0 Å². The van der Waals surface area contributed by atoms with E-state index in [-0.39, 0.29) is 0 Å². The maximum Gasteiger partial charge on any atom is 0.196 e. The molecule has 0 aliphatic carbocycles. The molecule has 3 N–H and O–H groups in total. The summed E-state index contributed by atoms with van der Waals surface area (Å²) in [6.07, 6.45) is 2.64. The molecule has 18 heavy (non-hydrogen) atoms. The molecule has 4 nitrogen and oxygen atoms in total. The van der Waals surface area contributed by atoms with E-state index < -0.39 is 0 Å². The molecular weight excluding hydrogens is 226 g/mol. The summed E-state index contributed by atoms with van der Waals surface area (Å²) < 4.78 is 5.62. The van der Waals surface area contributed by atoms with Crippen molar-refractivity contribution in [3.63, 3.8) is 0 Å². The van der Waals surface area contributed by atoms with E-state index in [1.807, 2.05) is 25.3 Å². The first-order chi connectivity index (χ1) is 8.79. The van der Waals surface area contributed by atoms with E-state index in [4.69, 9.17) is 10.2 Å². The molecule has 0 amide bonds. The molecule has 1 aromatic carbocycles. The van der Waals surface area contributed by atoms with Crippen LogP contribution < -0.4 is 5.73 Å². The van der Waals surface area contributed by atoms with Crippen molar-refractivity contribution in [2.75, 3.05) is 6.54 Å². The van der Waals surface area contributed by atoms with Crippen LogP contribution in [-0.2, 0) is 6.42 Å². The minimum absolute atomic E-state index is 0.549. The lowest BCUT2D eigenvalue weighted by Gasteiger charge is -1.94. The molecule has 0 fully saturated rings. The summed E-state index contributed by atoms with van der Waals surface area (Å²) in [5, 5.41) is 1.16. The third-order valence-corrected chi connectivity index (χ3v) is 3.04. The molecule has 2 aromatic heterocycles. The average Bonchev–Trinajstić information content (AvgIpc) is 2.93. The zero-order chi connectivity index (χ0) is 12.5.